The van der Waals surface area contributed by atoms with Crippen LogP contribution in [0.4, 0.5) is 5.82 Å². The Hall–Kier alpha value is -3.14. The SMILES string of the molecule is C=C/C(=C\N(C)C)c1cccc(-c2nc(NC3CCCC3)c(/C(C=NC)=C/C)cc2C)c1. The molecular formula is C28H36N4. The standard InChI is InChI=1S/C28H36N4/c1-7-21(18-29-4)26-16-20(3)27(31-28(26)30-25-14-9-10-15-25)24-13-11-12-23(17-24)22(8-2)19-32(5)6/h7-8,11-13,16-19,25H,2,9-10,14-15H2,1,3-6H3,(H,30,31)/b21-7+,22-19+,29-18?. The molecule has 2 aromatic rings. The number of pyridine rings is 1. The molecule has 0 amide bonds. The van der Waals surface area contributed by atoms with E-state index in [4.69, 9.17) is 4.98 Å². The van der Waals surface area contributed by atoms with Gasteiger partial charge < -0.3 is 10.2 Å². The number of hydrogen-bond acceptors (Lipinski definition) is 4. The van der Waals surface area contributed by atoms with Crippen LogP contribution in [0.3, 0.4) is 0 Å². The molecular weight excluding hydrogens is 392 g/mol. The molecule has 1 saturated carbocycles. The molecule has 0 radical (unpaired) electrons. The van der Waals surface area contributed by atoms with Crippen molar-refractivity contribution in [1.82, 2.24) is 9.88 Å². The molecule has 1 heterocycles. The first-order valence-electron chi connectivity index (χ1n) is 11.4. The topological polar surface area (TPSA) is 40.5 Å². The van der Waals surface area contributed by atoms with Gasteiger partial charge >= 0.3 is 0 Å². The van der Waals surface area contributed by atoms with Crippen molar-refractivity contribution in [1.29, 1.82) is 0 Å². The summed E-state index contributed by atoms with van der Waals surface area (Å²) in [5.74, 6) is 0.948. The van der Waals surface area contributed by atoms with Crippen molar-refractivity contribution in [3.05, 3.63) is 72.0 Å². The smallest absolute Gasteiger partial charge is 0.134 e. The third-order valence-corrected chi connectivity index (χ3v) is 5.89. The Kier molecular flexibility index (Phi) is 8.04. The summed E-state index contributed by atoms with van der Waals surface area (Å²) in [4.78, 5) is 11.5. The predicted octanol–water partition coefficient (Wildman–Crippen LogP) is 6.60. The van der Waals surface area contributed by atoms with E-state index in [9.17, 15) is 0 Å². The Morgan fingerprint density at radius 3 is 2.56 bits per heavy atom. The van der Waals surface area contributed by atoms with E-state index in [0.29, 0.717) is 6.04 Å². The van der Waals surface area contributed by atoms with Gasteiger partial charge in [-0.15, -0.1) is 0 Å². The van der Waals surface area contributed by atoms with Crippen molar-refractivity contribution in [3.63, 3.8) is 0 Å². The molecule has 0 spiro atoms. The normalized spacial score (nSPS) is 15.4. The molecule has 3 rings (SSSR count). The molecule has 1 aromatic carbocycles. The highest BCUT2D eigenvalue weighted by molar-refractivity contribution is 6.11. The molecule has 0 saturated heterocycles. The molecule has 4 heteroatoms. The molecule has 1 N–H and O–H groups in total. The van der Waals surface area contributed by atoms with Crippen LogP contribution in [0.1, 0.15) is 49.3 Å². The Labute approximate surface area is 193 Å². The Bertz CT molecular complexity index is 1040. The molecule has 0 atom stereocenters. The van der Waals surface area contributed by atoms with Crippen molar-refractivity contribution in [2.75, 3.05) is 26.5 Å². The molecule has 0 aliphatic heterocycles. The number of aliphatic imine (C=N–C) groups is 1. The number of rotatable bonds is 8. The van der Waals surface area contributed by atoms with Crippen LogP contribution in [0.25, 0.3) is 22.4 Å². The van der Waals surface area contributed by atoms with Crippen molar-refractivity contribution in [2.24, 2.45) is 4.99 Å². The summed E-state index contributed by atoms with van der Waals surface area (Å²) < 4.78 is 0. The monoisotopic (exact) mass is 428 g/mol. The minimum atomic E-state index is 0.482. The van der Waals surface area contributed by atoms with Crippen LogP contribution in [0.15, 0.2) is 60.3 Å². The van der Waals surface area contributed by atoms with Gasteiger partial charge in [-0.1, -0.05) is 49.8 Å². The van der Waals surface area contributed by atoms with Crippen LogP contribution in [0.5, 0.6) is 0 Å². The van der Waals surface area contributed by atoms with Crippen LogP contribution < -0.4 is 5.32 Å². The summed E-state index contributed by atoms with van der Waals surface area (Å²) in [7, 11) is 5.86. The number of allylic oxidation sites excluding steroid dienone is 4. The zero-order chi connectivity index (χ0) is 23.1. The number of nitrogens with zero attached hydrogens (tertiary/aromatic N) is 3. The van der Waals surface area contributed by atoms with Gasteiger partial charge in [0.25, 0.3) is 0 Å². The zero-order valence-corrected chi connectivity index (χ0v) is 20.2. The Morgan fingerprint density at radius 2 is 1.94 bits per heavy atom. The lowest BCUT2D eigenvalue weighted by molar-refractivity contribution is 0.566. The molecule has 32 heavy (non-hydrogen) atoms. The second kappa shape index (κ2) is 10.9. The minimum absolute atomic E-state index is 0.482. The first-order valence-corrected chi connectivity index (χ1v) is 11.4. The van der Waals surface area contributed by atoms with Gasteiger partial charge in [0.05, 0.1) is 5.69 Å². The van der Waals surface area contributed by atoms with Crippen molar-refractivity contribution < 1.29 is 0 Å². The molecule has 1 aliphatic rings. The lowest BCUT2D eigenvalue weighted by Crippen LogP contribution is -2.17. The van der Waals surface area contributed by atoms with Crippen molar-refractivity contribution in [2.45, 2.75) is 45.6 Å². The van der Waals surface area contributed by atoms with Gasteiger partial charge in [-0.05, 0) is 61.1 Å². The number of nitrogens with one attached hydrogen (secondary N) is 1. The van der Waals surface area contributed by atoms with Gasteiger partial charge in [0.2, 0.25) is 0 Å². The lowest BCUT2D eigenvalue weighted by atomic mass is 9.97. The lowest BCUT2D eigenvalue weighted by Gasteiger charge is -2.19. The van der Waals surface area contributed by atoms with Gasteiger partial charge in [0.15, 0.2) is 0 Å². The minimum Gasteiger partial charge on any atom is -0.383 e. The van der Waals surface area contributed by atoms with Crippen LogP contribution in [0.2, 0.25) is 0 Å². The third kappa shape index (κ3) is 5.56. The van der Waals surface area contributed by atoms with E-state index in [1.54, 1.807) is 0 Å². The summed E-state index contributed by atoms with van der Waals surface area (Å²) in [5.41, 5.74) is 7.69. The first kappa shape index (κ1) is 23.5. The van der Waals surface area contributed by atoms with Gasteiger partial charge in [-0.2, -0.15) is 0 Å². The fourth-order valence-electron chi connectivity index (χ4n) is 4.31. The van der Waals surface area contributed by atoms with Gasteiger partial charge in [0, 0.05) is 50.7 Å². The molecule has 0 unspecified atom stereocenters. The Balaban J connectivity index is 2.11. The fraction of sp³-hybridized carbons (Fsp3) is 0.357. The second-order valence-corrected chi connectivity index (χ2v) is 8.64. The average molecular weight is 429 g/mol. The average Bonchev–Trinajstić information content (AvgIpc) is 3.30. The number of hydrogen-bond donors (Lipinski definition) is 1. The number of anilines is 1. The summed E-state index contributed by atoms with van der Waals surface area (Å²) in [6.45, 7) is 8.19. The summed E-state index contributed by atoms with van der Waals surface area (Å²) in [6, 6.07) is 11.3. The molecule has 1 aliphatic carbocycles. The summed E-state index contributed by atoms with van der Waals surface area (Å²) in [5, 5.41) is 3.75. The van der Waals surface area contributed by atoms with Crippen LogP contribution in [-0.2, 0) is 0 Å². The molecule has 1 fully saturated rings. The maximum absolute atomic E-state index is 5.17. The Morgan fingerprint density at radius 1 is 1.19 bits per heavy atom. The van der Waals surface area contributed by atoms with E-state index in [0.717, 1.165) is 44.9 Å². The molecule has 1 aromatic heterocycles. The first-order chi connectivity index (χ1) is 15.5. The van der Waals surface area contributed by atoms with E-state index in [1.165, 1.54) is 25.7 Å². The summed E-state index contributed by atoms with van der Waals surface area (Å²) in [6.07, 6.45) is 13.0. The predicted molar refractivity (Wildman–Crippen MR) is 140 cm³/mol. The molecule has 168 valence electrons. The quantitative estimate of drug-likeness (QED) is 0.380. The number of aryl methyl sites for hydroxylation is 1. The van der Waals surface area contributed by atoms with Gasteiger partial charge in [-0.25, -0.2) is 4.98 Å². The zero-order valence-electron chi connectivity index (χ0n) is 20.2. The van der Waals surface area contributed by atoms with E-state index < -0.39 is 0 Å². The largest absolute Gasteiger partial charge is 0.383 e. The maximum atomic E-state index is 5.17. The fourth-order valence-corrected chi connectivity index (χ4v) is 4.31. The highest BCUT2D eigenvalue weighted by Gasteiger charge is 2.19. The highest BCUT2D eigenvalue weighted by atomic mass is 15.0. The van der Waals surface area contributed by atoms with E-state index in [1.807, 2.05) is 38.3 Å². The molecule has 4 nitrogen and oxygen atoms in total. The maximum Gasteiger partial charge on any atom is 0.134 e. The van der Waals surface area contributed by atoms with E-state index >= 15 is 0 Å². The third-order valence-electron chi connectivity index (χ3n) is 5.89. The van der Waals surface area contributed by atoms with Crippen molar-refractivity contribution in [3.8, 4) is 11.3 Å². The van der Waals surface area contributed by atoms with Crippen LogP contribution in [-0.4, -0.2) is 43.3 Å². The van der Waals surface area contributed by atoms with E-state index in [2.05, 4.69) is 73.3 Å². The van der Waals surface area contributed by atoms with Crippen molar-refractivity contribution >= 4 is 23.2 Å². The second-order valence-electron chi connectivity index (χ2n) is 8.64. The van der Waals surface area contributed by atoms with Gasteiger partial charge in [-0.3, -0.25) is 4.99 Å². The number of aromatic nitrogens is 1. The highest BCUT2D eigenvalue weighted by Crippen LogP contribution is 2.33. The van der Waals surface area contributed by atoms with Crippen LogP contribution in [0, 0.1) is 6.92 Å². The van der Waals surface area contributed by atoms with E-state index in [-0.39, 0.29) is 0 Å². The van der Waals surface area contributed by atoms with Crippen LogP contribution >= 0.6 is 0 Å². The number of benzene rings is 1. The van der Waals surface area contributed by atoms with Gasteiger partial charge in [0.1, 0.15) is 5.82 Å². The molecule has 0 bridgehead atoms. The summed E-state index contributed by atoms with van der Waals surface area (Å²) >= 11 is 0.